The monoisotopic (exact) mass is 450 g/mol. The Bertz CT molecular complexity index is 716. The average molecular weight is 451 g/mol. The lowest BCUT2D eigenvalue weighted by atomic mass is 9.72. The van der Waals surface area contributed by atoms with E-state index in [2.05, 4.69) is 13.8 Å². The van der Waals surface area contributed by atoms with Crippen LogP contribution in [-0.2, 0) is 14.2 Å². The van der Waals surface area contributed by atoms with Gasteiger partial charge in [-0.15, -0.1) is 0 Å². The Morgan fingerprint density at radius 3 is 1.84 bits per heavy atom. The Morgan fingerprint density at radius 1 is 0.688 bits per heavy atom. The molecule has 3 fully saturated rings. The zero-order valence-electron chi connectivity index (χ0n) is 19.8. The first kappa shape index (κ1) is 24.1. The van der Waals surface area contributed by atoms with E-state index in [9.17, 15) is 0 Å². The number of rotatable bonds is 7. The van der Waals surface area contributed by atoms with E-state index >= 15 is 8.78 Å². The highest BCUT2D eigenvalue weighted by molar-refractivity contribution is 5.32. The predicted octanol–water partition coefficient (Wildman–Crippen LogP) is 7.09. The van der Waals surface area contributed by atoms with E-state index in [4.69, 9.17) is 14.2 Å². The maximum absolute atomic E-state index is 15.1. The normalized spacial score (nSPS) is 33.9. The molecule has 0 aromatic heterocycles. The molecular formula is C27H40F2O3. The second-order valence-corrected chi connectivity index (χ2v) is 10.1. The molecule has 0 N–H and O–H groups in total. The van der Waals surface area contributed by atoms with Crippen molar-refractivity contribution in [3.63, 3.8) is 0 Å². The summed E-state index contributed by atoms with van der Waals surface area (Å²) in [6.07, 6.45) is 10.8. The molecule has 4 rings (SSSR count). The van der Waals surface area contributed by atoms with Gasteiger partial charge in [-0.1, -0.05) is 38.8 Å². The third-order valence-corrected chi connectivity index (χ3v) is 7.97. The van der Waals surface area contributed by atoms with Crippen molar-refractivity contribution in [3.8, 4) is 0 Å². The summed E-state index contributed by atoms with van der Waals surface area (Å²) in [4.78, 5) is 0. The molecule has 0 amide bonds. The van der Waals surface area contributed by atoms with Crippen molar-refractivity contribution in [2.45, 2.75) is 102 Å². The van der Waals surface area contributed by atoms with Crippen molar-refractivity contribution >= 4 is 0 Å². The Morgan fingerprint density at radius 2 is 1.28 bits per heavy atom. The van der Waals surface area contributed by atoms with Crippen LogP contribution < -0.4 is 0 Å². The van der Waals surface area contributed by atoms with Crippen LogP contribution in [0.1, 0.15) is 101 Å². The molecule has 3 nitrogen and oxygen atoms in total. The van der Waals surface area contributed by atoms with E-state index in [1.165, 1.54) is 25.7 Å². The molecule has 3 aliphatic rings. The largest absolute Gasteiger partial charge is 0.378 e. The zero-order valence-corrected chi connectivity index (χ0v) is 19.8. The molecule has 0 bridgehead atoms. The molecule has 2 heterocycles. The molecule has 1 aromatic carbocycles. The van der Waals surface area contributed by atoms with Gasteiger partial charge in [-0.3, -0.25) is 0 Å². The summed E-state index contributed by atoms with van der Waals surface area (Å²) < 4.78 is 47.6. The van der Waals surface area contributed by atoms with Crippen LogP contribution in [0.4, 0.5) is 8.78 Å². The average Bonchev–Trinajstić information content (AvgIpc) is 2.83. The fourth-order valence-corrected chi connectivity index (χ4v) is 5.98. The Kier molecular flexibility index (Phi) is 8.58. The van der Waals surface area contributed by atoms with Crippen LogP contribution in [0.15, 0.2) is 12.1 Å². The molecule has 2 atom stereocenters. The van der Waals surface area contributed by atoms with Gasteiger partial charge in [0.1, 0.15) is 0 Å². The van der Waals surface area contributed by atoms with Gasteiger partial charge in [0.25, 0.3) is 0 Å². The van der Waals surface area contributed by atoms with E-state index < -0.39 is 11.6 Å². The second-order valence-electron chi connectivity index (χ2n) is 10.1. The number of halogens is 2. The topological polar surface area (TPSA) is 27.7 Å². The second kappa shape index (κ2) is 11.4. The number of ether oxygens (including phenoxy) is 3. The van der Waals surface area contributed by atoms with Crippen LogP contribution >= 0.6 is 0 Å². The van der Waals surface area contributed by atoms with E-state index in [0.29, 0.717) is 42.3 Å². The summed E-state index contributed by atoms with van der Waals surface area (Å²) in [6.45, 7) is 5.93. The highest BCUT2D eigenvalue weighted by Crippen LogP contribution is 2.43. The lowest BCUT2D eigenvalue weighted by Gasteiger charge is -2.38. The number of hydrogen-bond acceptors (Lipinski definition) is 3. The first-order valence-corrected chi connectivity index (χ1v) is 12.9. The first-order chi connectivity index (χ1) is 15.6. The molecule has 5 heteroatoms. The van der Waals surface area contributed by atoms with Crippen LogP contribution in [0.2, 0.25) is 0 Å². The highest BCUT2D eigenvalue weighted by Gasteiger charge is 2.34. The minimum atomic E-state index is -0.710. The lowest BCUT2D eigenvalue weighted by Crippen LogP contribution is -2.32. The van der Waals surface area contributed by atoms with Gasteiger partial charge in [0.2, 0.25) is 0 Å². The molecule has 2 saturated heterocycles. The summed E-state index contributed by atoms with van der Waals surface area (Å²) in [6, 6.07) is 3.58. The van der Waals surface area contributed by atoms with Gasteiger partial charge in [0, 0.05) is 5.92 Å². The lowest BCUT2D eigenvalue weighted by molar-refractivity contribution is -0.190. The molecule has 1 aliphatic carbocycles. The summed E-state index contributed by atoms with van der Waals surface area (Å²) in [5, 5.41) is 0. The van der Waals surface area contributed by atoms with Gasteiger partial charge in [-0.25, -0.2) is 8.78 Å². The first-order valence-electron chi connectivity index (χ1n) is 12.9. The van der Waals surface area contributed by atoms with Crippen molar-refractivity contribution < 1.29 is 23.0 Å². The van der Waals surface area contributed by atoms with Crippen molar-refractivity contribution in [2.24, 2.45) is 11.8 Å². The van der Waals surface area contributed by atoms with Crippen LogP contribution in [-0.4, -0.2) is 32.2 Å². The van der Waals surface area contributed by atoms with E-state index in [0.717, 1.165) is 45.1 Å². The predicted molar refractivity (Wildman–Crippen MR) is 122 cm³/mol. The van der Waals surface area contributed by atoms with Crippen molar-refractivity contribution in [2.75, 3.05) is 19.8 Å². The van der Waals surface area contributed by atoms with Crippen LogP contribution in [0, 0.1) is 23.5 Å². The Balaban J connectivity index is 1.32. The molecule has 180 valence electrons. The maximum Gasteiger partial charge on any atom is 0.162 e. The van der Waals surface area contributed by atoms with Gasteiger partial charge < -0.3 is 14.2 Å². The molecule has 0 spiro atoms. The van der Waals surface area contributed by atoms with Gasteiger partial charge in [-0.2, -0.15) is 0 Å². The van der Waals surface area contributed by atoms with Gasteiger partial charge in [0.15, 0.2) is 17.9 Å². The van der Waals surface area contributed by atoms with Gasteiger partial charge in [0.05, 0.1) is 25.9 Å². The fraction of sp³-hybridized carbons (Fsp3) is 0.778. The molecule has 2 unspecified atom stereocenters. The third kappa shape index (κ3) is 5.53. The Labute approximate surface area is 192 Å². The molecule has 1 saturated carbocycles. The maximum atomic E-state index is 15.1. The quantitative estimate of drug-likeness (QED) is 0.444. The Hall–Kier alpha value is -1.04. The van der Waals surface area contributed by atoms with Crippen LogP contribution in [0.5, 0.6) is 0 Å². The summed E-state index contributed by atoms with van der Waals surface area (Å²) in [5.74, 6) is -0.210. The molecule has 1 aromatic rings. The number of hydrogen-bond donors (Lipinski definition) is 0. The van der Waals surface area contributed by atoms with Gasteiger partial charge >= 0.3 is 0 Å². The van der Waals surface area contributed by atoms with E-state index in [-0.39, 0.29) is 18.1 Å². The summed E-state index contributed by atoms with van der Waals surface area (Å²) >= 11 is 0. The van der Waals surface area contributed by atoms with E-state index in [1.807, 2.05) is 6.07 Å². The van der Waals surface area contributed by atoms with Crippen LogP contribution in [0.25, 0.3) is 0 Å². The summed E-state index contributed by atoms with van der Waals surface area (Å²) in [5.41, 5.74) is 0.935. The molecule has 0 radical (unpaired) electrons. The van der Waals surface area contributed by atoms with Gasteiger partial charge in [-0.05, 0) is 80.2 Å². The molecular weight excluding hydrogens is 410 g/mol. The summed E-state index contributed by atoms with van der Waals surface area (Å²) in [7, 11) is 0. The van der Waals surface area contributed by atoms with E-state index in [1.54, 1.807) is 6.07 Å². The minimum Gasteiger partial charge on any atom is -0.378 e. The standard InChI is InChI=1S/C27H40F2O3/c1-3-5-22-12-11-20(15-30-22)18-7-9-19(10-8-18)23-13-14-24(27(29)26(23)28)21-16-31-25(6-4-2)32-17-21/h13-14,18-22,25H,3-12,15-17H2,1-2H3. The third-order valence-electron chi connectivity index (χ3n) is 7.97. The minimum absolute atomic E-state index is 0.111. The fourth-order valence-electron chi connectivity index (χ4n) is 5.98. The SMILES string of the molecule is CCCC1CCC(C2CCC(c3ccc(C4COC(CCC)OC4)c(F)c3F)CC2)CO1. The molecule has 32 heavy (non-hydrogen) atoms. The van der Waals surface area contributed by atoms with Crippen LogP contribution in [0.3, 0.4) is 0 Å². The van der Waals surface area contributed by atoms with Crippen molar-refractivity contribution in [3.05, 3.63) is 34.9 Å². The highest BCUT2D eigenvalue weighted by atomic mass is 19.2. The zero-order chi connectivity index (χ0) is 22.5. The number of benzene rings is 1. The smallest absolute Gasteiger partial charge is 0.162 e. The van der Waals surface area contributed by atoms with Crippen molar-refractivity contribution in [1.29, 1.82) is 0 Å². The van der Waals surface area contributed by atoms with Crippen molar-refractivity contribution in [1.82, 2.24) is 0 Å². The molecule has 2 aliphatic heterocycles.